The zero-order valence-electron chi connectivity index (χ0n) is 7.97. The Bertz CT molecular complexity index is 496. The zero-order chi connectivity index (χ0) is 10.7. The van der Waals surface area contributed by atoms with Crippen LogP contribution in [0, 0.1) is 18.3 Å². The van der Waals surface area contributed by atoms with Gasteiger partial charge in [-0.3, -0.25) is 0 Å². The van der Waals surface area contributed by atoms with Gasteiger partial charge in [0.1, 0.15) is 5.82 Å². The van der Waals surface area contributed by atoms with Crippen LogP contribution < -0.4 is 0 Å². The van der Waals surface area contributed by atoms with Gasteiger partial charge in [-0.25, -0.2) is 4.98 Å². The monoisotopic (exact) mass is 233 g/mol. The van der Waals surface area contributed by atoms with Crippen LogP contribution in [0.5, 0.6) is 0 Å². The van der Waals surface area contributed by atoms with E-state index in [4.69, 9.17) is 5.26 Å². The molecule has 2 rings (SSSR count). The van der Waals surface area contributed by atoms with E-state index in [0.29, 0.717) is 5.56 Å². The zero-order valence-corrected chi connectivity index (χ0v) is 9.60. The SMILES string of the molecule is Cc1nsc(Sc2ccc(C#N)cc2)n1. The van der Waals surface area contributed by atoms with Crippen LogP contribution in [0.25, 0.3) is 0 Å². The molecule has 0 saturated carbocycles. The van der Waals surface area contributed by atoms with Crippen molar-refractivity contribution in [3.05, 3.63) is 35.7 Å². The van der Waals surface area contributed by atoms with Gasteiger partial charge >= 0.3 is 0 Å². The predicted molar refractivity (Wildman–Crippen MR) is 59.9 cm³/mol. The Morgan fingerprint density at radius 1 is 1.33 bits per heavy atom. The normalized spacial score (nSPS) is 9.87. The number of aryl methyl sites for hydroxylation is 1. The molecule has 0 atom stereocenters. The van der Waals surface area contributed by atoms with Crippen molar-refractivity contribution in [3.63, 3.8) is 0 Å². The van der Waals surface area contributed by atoms with E-state index in [1.54, 1.807) is 23.9 Å². The Morgan fingerprint density at radius 2 is 2.07 bits per heavy atom. The molecular formula is C10H7N3S2. The van der Waals surface area contributed by atoms with Crippen LogP contribution in [0.3, 0.4) is 0 Å². The van der Waals surface area contributed by atoms with Gasteiger partial charge in [-0.15, -0.1) is 0 Å². The lowest BCUT2D eigenvalue weighted by Crippen LogP contribution is -1.76. The van der Waals surface area contributed by atoms with E-state index in [1.165, 1.54) is 11.5 Å². The van der Waals surface area contributed by atoms with Crippen LogP contribution in [0.4, 0.5) is 0 Å². The van der Waals surface area contributed by atoms with Gasteiger partial charge in [-0.2, -0.15) is 9.64 Å². The smallest absolute Gasteiger partial charge is 0.174 e. The first kappa shape index (κ1) is 10.1. The first-order valence-corrected chi connectivity index (χ1v) is 5.85. The summed E-state index contributed by atoms with van der Waals surface area (Å²) in [5.74, 6) is 0.802. The highest BCUT2D eigenvalue weighted by Gasteiger charge is 2.02. The molecule has 0 N–H and O–H groups in total. The molecule has 0 spiro atoms. The van der Waals surface area contributed by atoms with E-state index in [2.05, 4.69) is 15.4 Å². The predicted octanol–water partition coefficient (Wildman–Crippen LogP) is 2.87. The highest BCUT2D eigenvalue weighted by atomic mass is 32.2. The van der Waals surface area contributed by atoms with Crippen molar-refractivity contribution >= 4 is 23.3 Å². The fourth-order valence-corrected chi connectivity index (χ4v) is 2.64. The fourth-order valence-electron chi connectivity index (χ4n) is 1.02. The molecule has 0 aliphatic heterocycles. The summed E-state index contributed by atoms with van der Waals surface area (Å²) in [6, 6.07) is 9.52. The molecule has 5 heteroatoms. The molecule has 0 amide bonds. The van der Waals surface area contributed by atoms with Crippen LogP contribution in [0.15, 0.2) is 33.5 Å². The topological polar surface area (TPSA) is 49.6 Å². The summed E-state index contributed by atoms with van der Waals surface area (Å²) < 4.78 is 5.03. The molecular weight excluding hydrogens is 226 g/mol. The molecule has 0 saturated heterocycles. The van der Waals surface area contributed by atoms with Crippen LogP contribution in [0.1, 0.15) is 11.4 Å². The maximum absolute atomic E-state index is 8.64. The van der Waals surface area contributed by atoms with E-state index >= 15 is 0 Å². The van der Waals surface area contributed by atoms with Crippen LogP contribution >= 0.6 is 23.3 Å². The number of benzene rings is 1. The van der Waals surface area contributed by atoms with E-state index in [-0.39, 0.29) is 0 Å². The molecule has 15 heavy (non-hydrogen) atoms. The van der Waals surface area contributed by atoms with E-state index < -0.39 is 0 Å². The van der Waals surface area contributed by atoms with E-state index in [1.807, 2.05) is 19.1 Å². The molecule has 1 aromatic carbocycles. The average molecular weight is 233 g/mol. The van der Waals surface area contributed by atoms with Crippen molar-refractivity contribution in [2.75, 3.05) is 0 Å². The third-order valence-electron chi connectivity index (χ3n) is 1.70. The Hall–Kier alpha value is -1.38. The molecule has 1 heterocycles. The van der Waals surface area contributed by atoms with Gasteiger partial charge in [-0.05, 0) is 42.7 Å². The minimum absolute atomic E-state index is 0.674. The molecule has 0 unspecified atom stereocenters. The lowest BCUT2D eigenvalue weighted by atomic mass is 10.2. The second-order valence-electron chi connectivity index (χ2n) is 2.85. The third kappa shape index (κ3) is 2.55. The maximum Gasteiger partial charge on any atom is 0.174 e. The summed E-state index contributed by atoms with van der Waals surface area (Å²) in [5, 5.41) is 8.64. The Kier molecular flexibility index (Phi) is 2.99. The van der Waals surface area contributed by atoms with Gasteiger partial charge in [0.25, 0.3) is 0 Å². The molecule has 74 valence electrons. The van der Waals surface area contributed by atoms with E-state index in [9.17, 15) is 0 Å². The summed E-state index contributed by atoms with van der Waals surface area (Å²) >= 11 is 2.95. The lowest BCUT2D eigenvalue weighted by Gasteiger charge is -1.95. The second-order valence-corrected chi connectivity index (χ2v) is 4.92. The van der Waals surface area contributed by atoms with Gasteiger partial charge in [0.05, 0.1) is 11.6 Å². The van der Waals surface area contributed by atoms with Crippen LogP contribution in [0.2, 0.25) is 0 Å². The molecule has 1 aromatic heterocycles. The number of hydrogen-bond acceptors (Lipinski definition) is 5. The molecule has 3 nitrogen and oxygen atoms in total. The molecule has 0 fully saturated rings. The molecule has 0 radical (unpaired) electrons. The summed E-state index contributed by atoms with van der Waals surface area (Å²) in [6.45, 7) is 1.87. The van der Waals surface area contributed by atoms with Crippen molar-refractivity contribution in [1.29, 1.82) is 5.26 Å². The van der Waals surface area contributed by atoms with Crippen molar-refractivity contribution in [2.24, 2.45) is 0 Å². The largest absolute Gasteiger partial charge is 0.213 e. The van der Waals surface area contributed by atoms with Gasteiger partial charge < -0.3 is 0 Å². The number of rotatable bonds is 2. The van der Waals surface area contributed by atoms with Crippen LogP contribution in [-0.2, 0) is 0 Å². The fraction of sp³-hybridized carbons (Fsp3) is 0.100. The van der Waals surface area contributed by atoms with Crippen molar-refractivity contribution in [2.45, 2.75) is 16.2 Å². The third-order valence-corrected chi connectivity index (χ3v) is 3.55. The summed E-state index contributed by atoms with van der Waals surface area (Å²) in [6.07, 6.45) is 0. The number of hydrogen-bond donors (Lipinski definition) is 0. The van der Waals surface area contributed by atoms with Crippen molar-refractivity contribution in [1.82, 2.24) is 9.36 Å². The molecule has 0 aliphatic rings. The highest BCUT2D eigenvalue weighted by Crippen LogP contribution is 2.28. The van der Waals surface area contributed by atoms with Gasteiger partial charge in [0, 0.05) is 4.90 Å². The molecule has 2 aromatic rings. The Balaban J connectivity index is 2.15. The minimum atomic E-state index is 0.674. The van der Waals surface area contributed by atoms with Gasteiger partial charge in [-0.1, -0.05) is 11.8 Å². The Morgan fingerprint density at radius 3 is 2.60 bits per heavy atom. The first-order chi connectivity index (χ1) is 7.28. The lowest BCUT2D eigenvalue weighted by molar-refractivity contribution is 1.10. The first-order valence-electron chi connectivity index (χ1n) is 4.26. The quantitative estimate of drug-likeness (QED) is 0.800. The number of aromatic nitrogens is 2. The highest BCUT2D eigenvalue weighted by molar-refractivity contribution is 8.01. The molecule has 0 bridgehead atoms. The molecule has 0 aliphatic carbocycles. The number of nitriles is 1. The van der Waals surface area contributed by atoms with Crippen molar-refractivity contribution in [3.8, 4) is 6.07 Å². The number of nitrogens with zero attached hydrogens (tertiary/aromatic N) is 3. The van der Waals surface area contributed by atoms with Crippen LogP contribution in [-0.4, -0.2) is 9.36 Å². The maximum atomic E-state index is 8.64. The summed E-state index contributed by atoms with van der Waals surface area (Å²) in [5.41, 5.74) is 0.674. The summed E-state index contributed by atoms with van der Waals surface area (Å²) in [4.78, 5) is 5.33. The Labute approximate surface area is 96.0 Å². The van der Waals surface area contributed by atoms with Crippen molar-refractivity contribution < 1.29 is 0 Å². The summed E-state index contributed by atoms with van der Waals surface area (Å²) in [7, 11) is 0. The van der Waals surface area contributed by atoms with Gasteiger partial charge in [0.15, 0.2) is 4.34 Å². The van der Waals surface area contributed by atoms with E-state index in [0.717, 1.165) is 15.1 Å². The second kappa shape index (κ2) is 4.43. The van der Waals surface area contributed by atoms with Gasteiger partial charge in [0.2, 0.25) is 0 Å². The standard InChI is InChI=1S/C10H7N3S2/c1-7-12-10(15-13-7)14-9-4-2-8(6-11)3-5-9/h2-5H,1H3. The average Bonchev–Trinajstić information content (AvgIpc) is 2.65. The minimum Gasteiger partial charge on any atom is -0.213 e.